The van der Waals surface area contributed by atoms with Crippen LogP contribution >= 0.6 is 0 Å². The van der Waals surface area contributed by atoms with Gasteiger partial charge in [-0.2, -0.15) is 0 Å². The first-order chi connectivity index (χ1) is 10.3. The number of hydrogen-bond donors (Lipinski definition) is 1. The van der Waals surface area contributed by atoms with Crippen molar-refractivity contribution in [3.05, 3.63) is 48.0 Å². The number of carbonyl (C=O) groups is 1. The summed E-state index contributed by atoms with van der Waals surface area (Å²) in [4.78, 5) is 12.0. The van der Waals surface area contributed by atoms with Gasteiger partial charge in [-0.05, 0) is 35.6 Å². The Balaban J connectivity index is 1.53. The van der Waals surface area contributed by atoms with Gasteiger partial charge in [-0.25, -0.2) is 0 Å². The second kappa shape index (κ2) is 6.72. The molecule has 1 fully saturated rings. The molecule has 21 heavy (non-hydrogen) atoms. The van der Waals surface area contributed by atoms with Gasteiger partial charge in [0.15, 0.2) is 0 Å². The Morgan fingerprint density at radius 1 is 1.10 bits per heavy atom. The van der Waals surface area contributed by atoms with Crippen LogP contribution in [0.5, 0.6) is 0 Å². The number of amides is 1. The van der Waals surface area contributed by atoms with Gasteiger partial charge >= 0.3 is 0 Å². The third-order valence-electron chi connectivity index (χ3n) is 4.12. The predicted molar refractivity (Wildman–Crippen MR) is 84.2 cm³/mol. The van der Waals surface area contributed by atoms with Crippen LogP contribution in [0.25, 0.3) is 10.8 Å². The molecule has 0 bridgehead atoms. The van der Waals surface area contributed by atoms with E-state index in [0.29, 0.717) is 19.8 Å². The summed E-state index contributed by atoms with van der Waals surface area (Å²) in [6.45, 7) is 2.13. The number of ether oxygens (including phenoxy) is 1. The number of benzene rings is 2. The molecule has 0 saturated carbocycles. The lowest BCUT2D eigenvalue weighted by molar-refractivity contribution is -0.127. The van der Waals surface area contributed by atoms with Gasteiger partial charge in [-0.15, -0.1) is 0 Å². The quantitative estimate of drug-likeness (QED) is 0.937. The van der Waals surface area contributed by atoms with Crippen LogP contribution in [0, 0.1) is 5.92 Å². The lowest BCUT2D eigenvalue weighted by Crippen LogP contribution is -2.35. The fourth-order valence-electron chi connectivity index (χ4n) is 2.83. The Morgan fingerprint density at radius 2 is 1.86 bits per heavy atom. The van der Waals surface area contributed by atoms with Crippen LogP contribution < -0.4 is 5.32 Å². The van der Waals surface area contributed by atoms with Crippen LogP contribution in [-0.2, 0) is 16.0 Å². The van der Waals surface area contributed by atoms with Gasteiger partial charge in [-0.1, -0.05) is 42.5 Å². The maximum Gasteiger partial charge on any atom is 0.223 e. The molecule has 0 spiro atoms. The number of carbonyl (C=O) groups excluding carboxylic acids is 1. The summed E-state index contributed by atoms with van der Waals surface area (Å²) >= 11 is 0. The topological polar surface area (TPSA) is 38.3 Å². The highest BCUT2D eigenvalue weighted by atomic mass is 16.5. The van der Waals surface area contributed by atoms with E-state index in [1.54, 1.807) is 0 Å². The van der Waals surface area contributed by atoms with Gasteiger partial charge in [0.05, 0.1) is 0 Å². The maximum atomic E-state index is 12.0. The molecule has 1 aliphatic heterocycles. The van der Waals surface area contributed by atoms with Crippen molar-refractivity contribution in [3.63, 3.8) is 0 Å². The number of rotatable bonds is 4. The van der Waals surface area contributed by atoms with E-state index >= 15 is 0 Å². The second-order valence-electron chi connectivity index (χ2n) is 5.61. The average molecular weight is 283 g/mol. The van der Waals surface area contributed by atoms with E-state index in [4.69, 9.17) is 4.74 Å². The third-order valence-corrected chi connectivity index (χ3v) is 4.12. The molecule has 1 amide bonds. The van der Waals surface area contributed by atoms with Crippen molar-refractivity contribution < 1.29 is 9.53 Å². The summed E-state index contributed by atoms with van der Waals surface area (Å²) in [6.07, 6.45) is 2.57. The minimum absolute atomic E-state index is 0.135. The second-order valence-corrected chi connectivity index (χ2v) is 5.61. The fourth-order valence-corrected chi connectivity index (χ4v) is 2.83. The monoisotopic (exact) mass is 283 g/mol. The predicted octanol–water partition coefficient (Wildman–Crippen LogP) is 2.93. The highest BCUT2D eigenvalue weighted by Crippen LogP contribution is 2.16. The van der Waals surface area contributed by atoms with Gasteiger partial charge in [0, 0.05) is 25.7 Å². The minimum Gasteiger partial charge on any atom is -0.381 e. The first-order valence-corrected chi connectivity index (χ1v) is 7.66. The molecule has 0 aromatic heterocycles. The minimum atomic E-state index is 0.135. The first kappa shape index (κ1) is 14.1. The first-order valence-electron chi connectivity index (χ1n) is 7.66. The molecule has 0 radical (unpaired) electrons. The van der Waals surface area contributed by atoms with Gasteiger partial charge < -0.3 is 10.1 Å². The highest BCUT2D eigenvalue weighted by Gasteiger charge is 2.20. The summed E-state index contributed by atoms with van der Waals surface area (Å²) in [5, 5.41) is 5.57. The van der Waals surface area contributed by atoms with Gasteiger partial charge in [0.25, 0.3) is 0 Å². The van der Waals surface area contributed by atoms with E-state index in [-0.39, 0.29) is 11.8 Å². The van der Waals surface area contributed by atoms with E-state index < -0.39 is 0 Å². The van der Waals surface area contributed by atoms with E-state index in [9.17, 15) is 4.79 Å². The average Bonchev–Trinajstić information content (AvgIpc) is 2.55. The van der Waals surface area contributed by atoms with Gasteiger partial charge in [-0.3, -0.25) is 4.79 Å². The van der Waals surface area contributed by atoms with Crippen molar-refractivity contribution in [2.45, 2.75) is 19.3 Å². The normalized spacial score (nSPS) is 16.0. The zero-order valence-corrected chi connectivity index (χ0v) is 12.2. The number of fused-ring (bicyclic) bond motifs is 1. The summed E-state index contributed by atoms with van der Waals surface area (Å²) in [5.74, 6) is 0.314. The third kappa shape index (κ3) is 3.61. The number of nitrogens with one attached hydrogen (secondary N) is 1. The fraction of sp³-hybridized carbons (Fsp3) is 0.389. The molecule has 3 nitrogen and oxygen atoms in total. The Kier molecular flexibility index (Phi) is 4.51. The summed E-state index contributed by atoms with van der Waals surface area (Å²) < 4.78 is 5.28. The molecule has 0 aliphatic carbocycles. The van der Waals surface area contributed by atoms with Crippen LogP contribution in [0.3, 0.4) is 0 Å². The molecule has 3 heteroatoms. The molecular weight excluding hydrogens is 262 g/mol. The van der Waals surface area contributed by atoms with E-state index in [2.05, 4.69) is 47.8 Å². The van der Waals surface area contributed by atoms with Crippen LogP contribution in [0.1, 0.15) is 18.4 Å². The molecule has 0 unspecified atom stereocenters. The summed E-state index contributed by atoms with van der Waals surface area (Å²) in [5.41, 5.74) is 1.26. The smallest absolute Gasteiger partial charge is 0.223 e. The summed E-state index contributed by atoms with van der Waals surface area (Å²) in [6, 6.07) is 14.8. The van der Waals surface area contributed by atoms with Crippen LogP contribution in [0.2, 0.25) is 0 Å². The van der Waals surface area contributed by atoms with Crippen molar-refractivity contribution in [2.75, 3.05) is 19.8 Å². The largest absolute Gasteiger partial charge is 0.381 e. The summed E-state index contributed by atoms with van der Waals surface area (Å²) in [7, 11) is 0. The Labute approximate surface area is 125 Å². The Hall–Kier alpha value is -1.87. The number of hydrogen-bond acceptors (Lipinski definition) is 2. The van der Waals surface area contributed by atoms with Gasteiger partial charge in [0.1, 0.15) is 0 Å². The Bertz CT molecular complexity index is 617. The van der Waals surface area contributed by atoms with Crippen LogP contribution in [0.4, 0.5) is 0 Å². The molecule has 1 saturated heterocycles. The lowest BCUT2D eigenvalue weighted by atomic mass is 9.99. The molecule has 2 aromatic rings. The van der Waals surface area contributed by atoms with E-state index in [1.165, 1.54) is 16.3 Å². The molecule has 1 aliphatic rings. The lowest BCUT2D eigenvalue weighted by Gasteiger charge is -2.21. The molecule has 0 atom stereocenters. The zero-order chi connectivity index (χ0) is 14.5. The molecule has 1 N–H and O–H groups in total. The van der Waals surface area contributed by atoms with Crippen molar-refractivity contribution in [2.24, 2.45) is 5.92 Å². The van der Waals surface area contributed by atoms with Gasteiger partial charge in [0.2, 0.25) is 5.91 Å². The molecule has 1 heterocycles. The van der Waals surface area contributed by atoms with E-state index in [1.807, 2.05) is 0 Å². The van der Waals surface area contributed by atoms with Crippen molar-refractivity contribution >= 4 is 16.7 Å². The SMILES string of the molecule is O=C(NCCc1ccc2ccccc2c1)C1CCOCC1. The molecule has 3 rings (SSSR count). The van der Waals surface area contributed by atoms with Crippen molar-refractivity contribution in [1.29, 1.82) is 0 Å². The van der Waals surface area contributed by atoms with Crippen LogP contribution in [-0.4, -0.2) is 25.7 Å². The molecular formula is C18H21NO2. The van der Waals surface area contributed by atoms with Crippen LogP contribution in [0.15, 0.2) is 42.5 Å². The standard InChI is InChI=1S/C18H21NO2/c20-18(16-8-11-21-12-9-16)19-10-7-14-5-6-15-3-1-2-4-17(15)13-14/h1-6,13,16H,7-12H2,(H,19,20). The highest BCUT2D eigenvalue weighted by molar-refractivity contribution is 5.83. The van der Waals surface area contributed by atoms with Crippen molar-refractivity contribution in [1.82, 2.24) is 5.32 Å². The zero-order valence-electron chi connectivity index (χ0n) is 12.2. The molecule has 110 valence electrons. The Morgan fingerprint density at radius 3 is 2.67 bits per heavy atom. The maximum absolute atomic E-state index is 12.0. The van der Waals surface area contributed by atoms with Crippen molar-refractivity contribution in [3.8, 4) is 0 Å². The molecule has 2 aromatic carbocycles. The van der Waals surface area contributed by atoms with E-state index in [0.717, 1.165) is 19.3 Å².